The van der Waals surface area contributed by atoms with E-state index in [1.165, 1.54) is 42.4 Å². The van der Waals surface area contributed by atoms with Crippen molar-refractivity contribution in [2.24, 2.45) is 0 Å². The fourth-order valence-electron chi connectivity index (χ4n) is 2.99. The molecule has 0 bridgehead atoms. The van der Waals surface area contributed by atoms with Gasteiger partial charge in [0.2, 0.25) is 0 Å². The molecule has 0 fully saturated rings. The molecule has 2 N–H and O–H groups in total. The lowest BCUT2D eigenvalue weighted by Crippen LogP contribution is -2.08. The first kappa shape index (κ1) is 15.1. The number of nitrogen functional groups attached to an aromatic ring is 1. The Balaban J connectivity index is 3.29. The summed E-state index contributed by atoms with van der Waals surface area (Å²) in [6, 6.07) is 4.58. The first-order chi connectivity index (χ1) is 8.58. The Morgan fingerprint density at radius 2 is 1.17 bits per heavy atom. The first-order valence-electron chi connectivity index (χ1n) is 7.48. The minimum absolute atomic E-state index is 0.609. The molecule has 0 spiro atoms. The summed E-state index contributed by atoms with van der Waals surface area (Å²) >= 11 is 0. The van der Waals surface area contributed by atoms with Crippen molar-refractivity contribution in [3.63, 3.8) is 0 Å². The van der Waals surface area contributed by atoms with Crippen molar-refractivity contribution >= 4 is 5.69 Å². The monoisotopic (exact) mass is 247 g/mol. The largest absolute Gasteiger partial charge is 0.398 e. The van der Waals surface area contributed by atoms with E-state index < -0.39 is 0 Å². The van der Waals surface area contributed by atoms with Crippen LogP contribution < -0.4 is 5.73 Å². The van der Waals surface area contributed by atoms with Crippen LogP contribution in [-0.4, -0.2) is 0 Å². The van der Waals surface area contributed by atoms with Crippen molar-refractivity contribution in [2.75, 3.05) is 5.73 Å². The summed E-state index contributed by atoms with van der Waals surface area (Å²) in [7, 11) is 0. The minimum atomic E-state index is 0.609. The van der Waals surface area contributed by atoms with Gasteiger partial charge in [0, 0.05) is 5.69 Å². The SMILES string of the molecule is CCC(CC)c1cc(C)cc(C(CC)CC)c1N. The van der Waals surface area contributed by atoms with Crippen LogP contribution in [0.25, 0.3) is 0 Å². The fourth-order valence-corrected chi connectivity index (χ4v) is 2.99. The van der Waals surface area contributed by atoms with Gasteiger partial charge in [-0.05, 0) is 55.6 Å². The molecule has 0 aliphatic heterocycles. The lowest BCUT2D eigenvalue weighted by atomic mass is 9.84. The van der Waals surface area contributed by atoms with E-state index in [-0.39, 0.29) is 0 Å². The van der Waals surface area contributed by atoms with Gasteiger partial charge in [-0.1, -0.05) is 45.4 Å². The second-order valence-electron chi connectivity index (χ2n) is 5.38. The summed E-state index contributed by atoms with van der Waals surface area (Å²) in [6.07, 6.45) is 4.69. The zero-order valence-corrected chi connectivity index (χ0v) is 12.7. The number of benzene rings is 1. The Morgan fingerprint density at radius 3 is 1.44 bits per heavy atom. The van der Waals surface area contributed by atoms with Crippen LogP contribution in [-0.2, 0) is 0 Å². The molecule has 0 atom stereocenters. The van der Waals surface area contributed by atoms with Crippen molar-refractivity contribution in [3.05, 3.63) is 28.8 Å². The molecule has 0 unspecified atom stereocenters. The van der Waals surface area contributed by atoms with Gasteiger partial charge in [-0.25, -0.2) is 0 Å². The standard InChI is InChI=1S/C17H29N/c1-6-13(7-2)15-10-12(5)11-16(17(15)18)14(8-3)9-4/h10-11,13-14H,6-9,18H2,1-5H3. The van der Waals surface area contributed by atoms with E-state index in [2.05, 4.69) is 46.8 Å². The third-order valence-corrected chi connectivity index (χ3v) is 4.24. The van der Waals surface area contributed by atoms with Gasteiger partial charge in [0.25, 0.3) is 0 Å². The van der Waals surface area contributed by atoms with Gasteiger partial charge >= 0.3 is 0 Å². The predicted molar refractivity (Wildman–Crippen MR) is 82.2 cm³/mol. The van der Waals surface area contributed by atoms with Crippen molar-refractivity contribution in [1.29, 1.82) is 0 Å². The molecule has 0 aliphatic carbocycles. The van der Waals surface area contributed by atoms with Crippen molar-refractivity contribution < 1.29 is 0 Å². The Bertz CT molecular complexity index is 340. The van der Waals surface area contributed by atoms with Gasteiger partial charge in [-0.15, -0.1) is 0 Å². The molecule has 0 aromatic heterocycles. The van der Waals surface area contributed by atoms with E-state index in [1.807, 2.05) is 0 Å². The molecule has 1 rings (SSSR count). The van der Waals surface area contributed by atoms with E-state index >= 15 is 0 Å². The number of nitrogens with two attached hydrogens (primary N) is 1. The van der Waals surface area contributed by atoms with Crippen molar-refractivity contribution in [1.82, 2.24) is 0 Å². The second-order valence-corrected chi connectivity index (χ2v) is 5.38. The maximum absolute atomic E-state index is 6.46. The lowest BCUT2D eigenvalue weighted by Gasteiger charge is -2.23. The van der Waals surface area contributed by atoms with Gasteiger partial charge in [0.1, 0.15) is 0 Å². The molecule has 102 valence electrons. The van der Waals surface area contributed by atoms with Gasteiger partial charge in [0.15, 0.2) is 0 Å². The third-order valence-electron chi connectivity index (χ3n) is 4.24. The van der Waals surface area contributed by atoms with Crippen LogP contribution in [0, 0.1) is 6.92 Å². The number of anilines is 1. The third kappa shape index (κ3) is 3.07. The van der Waals surface area contributed by atoms with Gasteiger partial charge in [-0.2, -0.15) is 0 Å². The first-order valence-corrected chi connectivity index (χ1v) is 7.48. The fraction of sp³-hybridized carbons (Fsp3) is 0.647. The summed E-state index contributed by atoms with van der Waals surface area (Å²) in [5.74, 6) is 1.22. The van der Waals surface area contributed by atoms with Crippen molar-refractivity contribution in [2.45, 2.75) is 72.1 Å². The van der Waals surface area contributed by atoms with Crippen molar-refractivity contribution in [3.8, 4) is 0 Å². The van der Waals surface area contributed by atoms with Crippen LogP contribution in [0.15, 0.2) is 12.1 Å². The molecule has 0 aliphatic rings. The molecule has 0 amide bonds. The number of rotatable bonds is 6. The molecular weight excluding hydrogens is 218 g/mol. The Morgan fingerprint density at radius 1 is 0.833 bits per heavy atom. The quantitative estimate of drug-likeness (QED) is 0.671. The second kappa shape index (κ2) is 6.82. The lowest BCUT2D eigenvalue weighted by molar-refractivity contribution is 0.626. The van der Waals surface area contributed by atoms with E-state index in [0.717, 1.165) is 5.69 Å². The number of hydrogen-bond donors (Lipinski definition) is 1. The highest BCUT2D eigenvalue weighted by molar-refractivity contribution is 5.58. The normalized spacial score (nSPS) is 11.5. The molecule has 1 aromatic rings. The summed E-state index contributed by atoms with van der Waals surface area (Å²) in [5, 5.41) is 0. The zero-order chi connectivity index (χ0) is 13.7. The molecule has 1 nitrogen and oxygen atoms in total. The highest BCUT2D eigenvalue weighted by Crippen LogP contribution is 2.36. The molecule has 0 saturated carbocycles. The number of aryl methyl sites for hydroxylation is 1. The molecule has 0 saturated heterocycles. The smallest absolute Gasteiger partial charge is 0.0385 e. The summed E-state index contributed by atoms with van der Waals surface area (Å²) in [6.45, 7) is 11.2. The van der Waals surface area contributed by atoms with Crippen LogP contribution in [0.1, 0.15) is 81.9 Å². The average molecular weight is 247 g/mol. The highest BCUT2D eigenvalue weighted by atomic mass is 14.6. The Hall–Kier alpha value is -0.980. The topological polar surface area (TPSA) is 26.0 Å². The van der Waals surface area contributed by atoms with Crippen LogP contribution in [0.5, 0.6) is 0 Å². The summed E-state index contributed by atoms with van der Waals surface area (Å²) in [5.41, 5.74) is 11.6. The van der Waals surface area contributed by atoms with E-state index in [4.69, 9.17) is 5.73 Å². The van der Waals surface area contributed by atoms with Gasteiger partial charge in [-0.3, -0.25) is 0 Å². The van der Waals surface area contributed by atoms with E-state index in [1.54, 1.807) is 0 Å². The van der Waals surface area contributed by atoms with Crippen LogP contribution in [0.3, 0.4) is 0 Å². The van der Waals surface area contributed by atoms with E-state index in [9.17, 15) is 0 Å². The average Bonchev–Trinajstić information content (AvgIpc) is 2.37. The molecule has 1 aromatic carbocycles. The Labute approximate surface area is 113 Å². The predicted octanol–water partition coefficient (Wildman–Crippen LogP) is 5.38. The molecule has 0 radical (unpaired) electrons. The highest BCUT2D eigenvalue weighted by Gasteiger charge is 2.17. The van der Waals surface area contributed by atoms with E-state index in [0.29, 0.717) is 11.8 Å². The van der Waals surface area contributed by atoms with Crippen LogP contribution >= 0.6 is 0 Å². The van der Waals surface area contributed by atoms with Gasteiger partial charge < -0.3 is 5.73 Å². The molecular formula is C17H29N. The van der Waals surface area contributed by atoms with Crippen LogP contribution in [0.2, 0.25) is 0 Å². The summed E-state index contributed by atoms with van der Waals surface area (Å²) in [4.78, 5) is 0. The maximum Gasteiger partial charge on any atom is 0.0385 e. The summed E-state index contributed by atoms with van der Waals surface area (Å²) < 4.78 is 0. The number of hydrogen-bond acceptors (Lipinski definition) is 1. The van der Waals surface area contributed by atoms with Gasteiger partial charge in [0.05, 0.1) is 0 Å². The maximum atomic E-state index is 6.46. The van der Waals surface area contributed by atoms with Crippen LogP contribution in [0.4, 0.5) is 5.69 Å². The Kier molecular flexibility index (Phi) is 5.71. The minimum Gasteiger partial charge on any atom is -0.398 e. The zero-order valence-electron chi connectivity index (χ0n) is 12.7. The molecule has 0 heterocycles. The molecule has 18 heavy (non-hydrogen) atoms. The molecule has 1 heteroatoms.